The van der Waals surface area contributed by atoms with E-state index in [1.807, 2.05) is 6.92 Å². The third kappa shape index (κ3) is 5.31. The molecule has 7 nitrogen and oxygen atoms in total. The number of ether oxygens (including phenoxy) is 2. The number of carbonyl (C=O) groups excluding carboxylic acids is 1. The molecular formula is C14H20N2O5. The summed E-state index contributed by atoms with van der Waals surface area (Å²) in [6.07, 6.45) is 0. The third-order valence-corrected chi connectivity index (χ3v) is 2.75. The van der Waals surface area contributed by atoms with Gasteiger partial charge in [0.2, 0.25) is 0 Å². The lowest BCUT2D eigenvalue weighted by molar-refractivity contribution is 0.0693. The molecule has 7 heteroatoms. The lowest BCUT2D eigenvalue weighted by atomic mass is 10.2. The lowest BCUT2D eigenvalue weighted by Gasteiger charge is -2.13. The predicted octanol–water partition coefficient (Wildman–Crippen LogP) is 1.80. The Labute approximate surface area is 123 Å². The summed E-state index contributed by atoms with van der Waals surface area (Å²) >= 11 is 0. The van der Waals surface area contributed by atoms with Gasteiger partial charge < -0.3 is 25.2 Å². The second kappa shape index (κ2) is 8.11. The maximum Gasteiger partial charge on any atom is 0.339 e. The van der Waals surface area contributed by atoms with Crippen LogP contribution in [0.5, 0.6) is 5.75 Å². The number of aromatic carboxylic acids is 1. The van der Waals surface area contributed by atoms with Crippen LogP contribution in [0.25, 0.3) is 0 Å². The van der Waals surface area contributed by atoms with E-state index >= 15 is 0 Å². The van der Waals surface area contributed by atoms with Gasteiger partial charge in [-0.15, -0.1) is 0 Å². The van der Waals surface area contributed by atoms with Crippen molar-refractivity contribution in [2.75, 3.05) is 32.7 Å². The largest absolute Gasteiger partial charge is 0.496 e. The van der Waals surface area contributed by atoms with Gasteiger partial charge in [0.1, 0.15) is 11.3 Å². The maximum atomic E-state index is 11.7. The van der Waals surface area contributed by atoms with Gasteiger partial charge in [0.25, 0.3) is 0 Å². The molecular weight excluding hydrogens is 276 g/mol. The number of benzene rings is 1. The topological polar surface area (TPSA) is 96.9 Å². The molecule has 21 heavy (non-hydrogen) atoms. The first-order valence-corrected chi connectivity index (χ1v) is 6.43. The standard InChI is InChI=1S/C14H20N2O5/c1-9(8-20-2)7-15-14(19)16-10-4-5-11(13(17)18)12(6-10)21-3/h4-6,9H,7-8H2,1-3H3,(H,17,18)(H2,15,16,19). The van der Waals surface area contributed by atoms with Crippen LogP contribution in [0, 0.1) is 5.92 Å². The Balaban J connectivity index is 2.62. The molecule has 1 aromatic rings. The molecule has 0 aliphatic carbocycles. The average Bonchev–Trinajstić information content (AvgIpc) is 2.45. The highest BCUT2D eigenvalue weighted by atomic mass is 16.5. The number of carboxylic acid groups (broad SMARTS) is 1. The molecule has 0 heterocycles. The maximum absolute atomic E-state index is 11.7. The fourth-order valence-electron chi connectivity index (χ4n) is 1.73. The molecule has 1 unspecified atom stereocenters. The highest BCUT2D eigenvalue weighted by molar-refractivity contribution is 5.94. The molecule has 2 amide bonds. The summed E-state index contributed by atoms with van der Waals surface area (Å²) in [5.41, 5.74) is 0.492. The van der Waals surface area contributed by atoms with Crippen LogP contribution >= 0.6 is 0 Å². The first-order chi connectivity index (χ1) is 9.97. The first kappa shape index (κ1) is 16.8. The van der Waals surface area contributed by atoms with E-state index in [0.717, 1.165) is 0 Å². The fourth-order valence-corrected chi connectivity index (χ4v) is 1.73. The van der Waals surface area contributed by atoms with E-state index in [2.05, 4.69) is 10.6 Å². The van der Waals surface area contributed by atoms with E-state index in [4.69, 9.17) is 14.6 Å². The molecule has 116 valence electrons. The summed E-state index contributed by atoms with van der Waals surface area (Å²) in [6.45, 7) is 2.99. The van der Waals surface area contributed by atoms with Crippen LogP contribution in [0.2, 0.25) is 0 Å². The van der Waals surface area contributed by atoms with Crippen LogP contribution in [0.3, 0.4) is 0 Å². The third-order valence-electron chi connectivity index (χ3n) is 2.75. The molecule has 0 aliphatic heterocycles. The van der Waals surface area contributed by atoms with Crippen molar-refractivity contribution in [3.05, 3.63) is 23.8 Å². The smallest absolute Gasteiger partial charge is 0.339 e. The van der Waals surface area contributed by atoms with Gasteiger partial charge in [0.05, 0.1) is 13.7 Å². The zero-order valence-corrected chi connectivity index (χ0v) is 12.3. The Bertz CT molecular complexity index is 504. The normalized spacial score (nSPS) is 11.6. The number of methoxy groups -OCH3 is 2. The quantitative estimate of drug-likeness (QED) is 0.713. The number of urea groups is 1. The van der Waals surface area contributed by atoms with Gasteiger partial charge in [0.15, 0.2) is 0 Å². The summed E-state index contributed by atoms with van der Waals surface area (Å²) in [7, 11) is 2.98. The van der Waals surface area contributed by atoms with E-state index in [0.29, 0.717) is 18.8 Å². The molecule has 0 aliphatic rings. The molecule has 1 rings (SSSR count). The Morgan fingerprint density at radius 3 is 2.62 bits per heavy atom. The SMILES string of the molecule is COCC(C)CNC(=O)Nc1ccc(C(=O)O)c(OC)c1. The van der Waals surface area contributed by atoms with Crippen LogP contribution in [0.1, 0.15) is 17.3 Å². The monoisotopic (exact) mass is 296 g/mol. The number of anilines is 1. The van der Waals surface area contributed by atoms with Gasteiger partial charge in [-0.2, -0.15) is 0 Å². The van der Waals surface area contributed by atoms with Crippen LogP contribution in [-0.2, 0) is 4.74 Å². The van der Waals surface area contributed by atoms with E-state index in [9.17, 15) is 9.59 Å². The fraction of sp³-hybridized carbons (Fsp3) is 0.429. The number of nitrogens with one attached hydrogen (secondary N) is 2. The minimum atomic E-state index is -1.09. The summed E-state index contributed by atoms with van der Waals surface area (Å²) in [4.78, 5) is 22.7. The molecule has 0 aromatic heterocycles. The van der Waals surface area contributed by atoms with Crippen molar-refractivity contribution in [2.24, 2.45) is 5.92 Å². The van der Waals surface area contributed by atoms with E-state index in [1.165, 1.54) is 25.3 Å². The van der Waals surface area contributed by atoms with Crippen LogP contribution in [0.4, 0.5) is 10.5 Å². The molecule has 0 bridgehead atoms. The van der Waals surface area contributed by atoms with E-state index < -0.39 is 5.97 Å². The van der Waals surface area contributed by atoms with Gasteiger partial charge in [-0.3, -0.25) is 0 Å². The molecule has 0 fully saturated rings. The van der Waals surface area contributed by atoms with Crippen LogP contribution in [-0.4, -0.2) is 44.5 Å². The number of hydrogen-bond donors (Lipinski definition) is 3. The van der Waals surface area contributed by atoms with Crippen LogP contribution < -0.4 is 15.4 Å². The number of carboxylic acids is 1. The van der Waals surface area contributed by atoms with Crippen molar-refractivity contribution >= 4 is 17.7 Å². The zero-order valence-electron chi connectivity index (χ0n) is 12.3. The summed E-state index contributed by atoms with van der Waals surface area (Å²) in [5.74, 6) is -0.700. The minimum absolute atomic E-state index is 0.0391. The first-order valence-electron chi connectivity index (χ1n) is 6.43. The predicted molar refractivity (Wildman–Crippen MR) is 78.0 cm³/mol. The summed E-state index contributed by atoms with van der Waals surface area (Å²) in [5, 5.41) is 14.3. The van der Waals surface area contributed by atoms with Crippen molar-refractivity contribution in [3.8, 4) is 5.75 Å². The second-order valence-electron chi connectivity index (χ2n) is 4.62. The molecule has 1 atom stereocenters. The van der Waals surface area contributed by atoms with Gasteiger partial charge in [-0.05, 0) is 18.1 Å². The zero-order chi connectivity index (χ0) is 15.8. The average molecular weight is 296 g/mol. The Kier molecular flexibility index (Phi) is 6.48. The van der Waals surface area contributed by atoms with Crippen molar-refractivity contribution in [2.45, 2.75) is 6.92 Å². The highest BCUT2D eigenvalue weighted by Crippen LogP contribution is 2.23. The Morgan fingerprint density at radius 1 is 1.33 bits per heavy atom. The second-order valence-corrected chi connectivity index (χ2v) is 4.62. The molecule has 1 aromatic carbocycles. The van der Waals surface area contributed by atoms with Crippen molar-refractivity contribution in [1.29, 1.82) is 0 Å². The molecule has 3 N–H and O–H groups in total. The number of hydrogen-bond acceptors (Lipinski definition) is 4. The summed E-state index contributed by atoms with van der Waals surface area (Å²) in [6, 6.07) is 3.97. The van der Waals surface area contributed by atoms with Crippen molar-refractivity contribution in [3.63, 3.8) is 0 Å². The molecule has 0 saturated heterocycles. The van der Waals surface area contributed by atoms with Crippen molar-refractivity contribution < 1.29 is 24.2 Å². The summed E-state index contributed by atoms with van der Waals surface area (Å²) < 4.78 is 9.97. The van der Waals surface area contributed by atoms with Gasteiger partial charge in [-0.1, -0.05) is 6.92 Å². The number of carbonyl (C=O) groups is 2. The number of rotatable bonds is 7. The van der Waals surface area contributed by atoms with Gasteiger partial charge in [-0.25, -0.2) is 9.59 Å². The number of amides is 2. The van der Waals surface area contributed by atoms with E-state index in [-0.39, 0.29) is 23.3 Å². The molecule has 0 radical (unpaired) electrons. The molecule has 0 spiro atoms. The molecule has 0 saturated carbocycles. The highest BCUT2D eigenvalue weighted by Gasteiger charge is 2.12. The van der Waals surface area contributed by atoms with Crippen LogP contribution in [0.15, 0.2) is 18.2 Å². The minimum Gasteiger partial charge on any atom is -0.496 e. The Hall–Kier alpha value is -2.28. The van der Waals surface area contributed by atoms with Crippen molar-refractivity contribution in [1.82, 2.24) is 5.32 Å². The van der Waals surface area contributed by atoms with Gasteiger partial charge >= 0.3 is 12.0 Å². The van der Waals surface area contributed by atoms with E-state index in [1.54, 1.807) is 7.11 Å². The Morgan fingerprint density at radius 2 is 2.05 bits per heavy atom. The van der Waals surface area contributed by atoms with Gasteiger partial charge in [0, 0.05) is 25.4 Å². The lowest BCUT2D eigenvalue weighted by Crippen LogP contribution is -2.33.